The number of nitrogens with zero attached hydrogens (tertiary/aromatic N) is 1. The minimum atomic E-state index is -0.614. The summed E-state index contributed by atoms with van der Waals surface area (Å²) in [6.45, 7) is 5.41. The number of fused-ring (bicyclic) bond motifs is 1. The summed E-state index contributed by atoms with van der Waals surface area (Å²) in [6, 6.07) is 5.13. The van der Waals surface area contributed by atoms with Crippen molar-refractivity contribution in [2.75, 3.05) is 19.9 Å². The van der Waals surface area contributed by atoms with E-state index in [0.29, 0.717) is 30.2 Å². The first kappa shape index (κ1) is 22.9. The standard InChI is InChI=1S/C23H34N4O4/c1-3-5-11-23(12-6-4-2)21(29)27(22(24)26-23)14-8-7-13-25-20(28)17-9-10-18-19(15-17)31-16-30-18/h9-10,15H,3-8,11-14,16H2,1-2H3,(H2,24,26)(H,25,28). The first-order valence-corrected chi connectivity index (χ1v) is 11.4. The highest BCUT2D eigenvalue weighted by atomic mass is 16.7. The van der Waals surface area contributed by atoms with Gasteiger partial charge in [0.1, 0.15) is 5.54 Å². The normalized spacial score (nSPS) is 16.5. The second kappa shape index (κ2) is 10.5. The molecule has 0 aromatic heterocycles. The van der Waals surface area contributed by atoms with E-state index in [1.54, 1.807) is 23.1 Å². The number of rotatable bonds is 12. The van der Waals surface area contributed by atoms with Gasteiger partial charge in [0.15, 0.2) is 17.5 Å². The molecular weight excluding hydrogens is 396 g/mol. The first-order chi connectivity index (χ1) is 15.0. The monoisotopic (exact) mass is 430 g/mol. The van der Waals surface area contributed by atoms with Crippen molar-refractivity contribution in [3.05, 3.63) is 23.8 Å². The molecule has 2 heterocycles. The summed E-state index contributed by atoms with van der Waals surface area (Å²) in [7, 11) is 0. The van der Waals surface area contributed by atoms with Gasteiger partial charge >= 0.3 is 0 Å². The van der Waals surface area contributed by atoms with Gasteiger partial charge in [-0.1, -0.05) is 39.5 Å². The number of guanidine groups is 1. The zero-order valence-electron chi connectivity index (χ0n) is 18.6. The Bertz CT molecular complexity index is 803. The van der Waals surface area contributed by atoms with E-state index in [1.807, 2.05) is 0 Å². The van der Waals surface area contributed by atoms with Gasteiger partial charge < -0.3 is 20.1 Å². The van der Waals surface area contributed by atoms with Gasteiger partial charge in [-0.2, -0.15) is 0 Å². The van der Waals surface area contributed by atoms with Crippen molar-refractivity contribution >= 4 is 17.8 Å². The second-order valence-electron chi connectivity index (χ2n) is 8.25. The summed E-state index contributed by atoms with van der Waals surface area (Å²) >= 11 is 0. The van der Waals surface area contributed by atoms with Gasteiger partial charge in [0.25, 0.3) is 11.8 Å². The molecule has 1 fully saturated rings. The lowest BCUT2D eigenvalue weighted by atomic mass is 9.87. The molecule has 0 aliphatic carbocycles. The second-order valence-corrected chi connectivity index (χ2v) is 8.25. The number of nitrogens with one attached hydrogen (secondary N) is 3. The van der Waals surface area contributed by atoms with Crippen LogP contribution in [0.15, 0.2) is 18.2 Å². The zero-order valence-corrected chi connectivity index (χ0v) is 18.6. The highest BCUT2D eigenvalue weighted by Crippen LogP contribution is 2.32. The van der Waals surface area contributed by atoms with Crippen LogP contribution in [0.2, 0.25) is 0 Å². The molecule has 0 saturated carbocycles. The van der Waals surface area contributed by atoms with Crippen LogP contribution in [0.5, 0.6) is 11.5 Å². The summed E-state index contributed by atoms with van der Waals surface area (Å²) in [5.74, 6) is 1.31. The number of benzene rings is 1. The van der Waals surface area contributed by atoms with Gasteiger partial charge in [-0.25, -0.2) is 0 Å². The Morgan fingerprint density at radius 2 is 1.84 bits per heavy atom. The molecule has 31 heavy (non-hydrogen) atoms. The third-order valence-corrected chi connectivity index (χ3v) is 5.93. The molecule has 3 rings (SSSR count). The first-order valence-electron chi connectivity index (χ1n) is 11.4. The maximum Gasteiger partial charge on any atom is 0.255 e. The molecular formula is C23H34N4O4. The van der Waals surface area contributed by atoms with Crippen LogP contribution in [-0.4, -0.2) is 48.1 Å². The largest absolute Gasteiger partial charge is 0.454 e. The molecule has 2 aliphatic rings. The topological polar surface area (TPSA) is 104 Å². The lowest BCUT2D eigenvalue weighted by Gasteiger charge is -2.27. The van der Waals surface area contributed by atoms with E-state index < -0.39 is 5.54 Å². The molecule has 8 heteroatoms. The lowest BCUT2D eigenvalue weighted by molar-refractivity contribution is -0.131. The highest BCUT2D eigenvalue weighted by molar-refractivity contribution is 6.07. The SMILES string of the molecule is CCCCC1(CCCC)NC(=N)N(CCCCNC(=O)c2ccc3c(c2)OCO3)C1=O. The smallest absolute Gasteiger partial charge is 0.255 e. The number of hydrogen-bond acceptors (Lipinski definition) is 5. The summed E-state index contributed by atoms with van der Waals surface area (Å²) in [4.78, 5) is 27.0. The summed E-state index contributed by atoms with van der Waals surface area (Å²) in [6.07, 6.45) is 6.97. The van der Waals surface area contributed by atoms with E-state index in [4.69, 9.17) is 14.9 Å². The third kappa shape index (κ3) is 5.29. The fourth-order valence-corrected chi connectivity index (χ4v) is 4.08. The fourth-order valence-electron chi connectivity index (χ4n) is 4.08. The number of carbonyl (C=O) groups excluding carboxylic acids is 2. The lowest BCUT2D eigenvalue weighted by Crippen LogP contribution is -2.47. The van der Waals surface area contributed by atoms with E-state index in [2.05, 4.69) is 24.5 Å². The van der Waals surface area contributed by atoms with Crippen molar-refractivity contribution < 1.29 is 19.1 Å². The Balaban J connectivity index is 1.45. The molecule has 0 unspecified atom stereocenters. The average molecular weight is 431 g/mol. The molecule has 2 amide bonds. The van der Waals surface area contributed by atoms with Gasteiger partial charge in [0.2, 0.25) is 6.79 Å². The van der Waals surface area contributed by atoms with Crippen LogP contribution in [-0.2, 0) is 4.79 Å². The van der Waals surface area contributed by atoms with Crippen molar-refractivity contribution in [3.63, 3.8) is 0 Å². The Labute approximate surface area is 184 Å². The van der Waals surface area contributed by atoms with Crippen molar-refractivity contribution in [2.45, 2.75) is 70.8 Å². The van der Waals surface area contributed by atoms with Crippen LogP contribution in [0.1, 0.15) is 75.6 Å². The molecule has 170 valence electrons. The zero-order chi connectivity index (χ0) is 22.3. The van der Waals surface area contributed by atoms with E-state index in [9.17, 15) is 9.59 Å². The molecule has 0 radical (unpaired) electrons. The van der Waals surface area contributed by atoms with E-state index in [0.717, 1.165) is 51.4 Å². The van der Waals surface area contributed by atoms with Gasteiger partial charge in [0, 0.05) is 18.7 Å². The van der Waals surface area contributed by atoms with Crippen LogP contribution in [0, 0.1) is 5.41 Å². The fraction of sp³-hybridized carbons (Fsp3) is 0.609. The maximum absolute atomic E-state index is 13.1. The van der Waals surface area contributed by atoms with Crippen molar-refractivity contribution in [1.29, 1.82) is 5.41 Å². The number of ether oxygens (including phenoxy) is 2. The molecule has 1 aromatic rings. The predicted octanol–water partition coefficient (Wildman–Crippen LogP) is 3.41. The highest BCUT2D eigenvalue weighted by Gasteiger charge is 2.47. The minimum Gasteiger partial charge on any atom is -0.454 e. The van der Waals surface area contributed by atoms with E-state index in [-0.39, 0.29) is 24.6 Å². The molecule has 3 N–H and O–H groups in total. The summed E-state index contributed by atoms with van der Waals surface area (Å²) < 4.78 is 10.6. The van der Waals surface area contributed by atoms with Crippen LogP contribution < -0.4 is 20.1 Å². The molecule has 0 spiro atoms. The van der Waals surface area contributed by atoms with Gasteiger partial charge in [-0.15, -0.1) is 0 Å². The quantitative estimate of drug-likeness (QED) is 0.441. The van der Waals surface area contributed by atoms with Crippen LogP contribution in [0.25, 0.3) is 0 Å². The maximum atomic E-state index is 13.1. The summed E-state index contributed by atoms with van der Waals surface area (Å²) in [5, 5.41) is 14.4. The van der Waals surface area contributed by atoms with Crippen molar-refractivity contribution in [3.8, 4) is 11.5 Å². The van der Waals surface area contributed by atoms with Gasteiger partial charge in [0.05, 0.1) is 0 Å². The molecule has 8 nitrogen and oxygen atoms in total. The Morgan fingerprint density at radius 1 is 1.13 bits per heavy atom. The number of carbonyl (C=O) groups is 2. The van der Waals surface area contributed by atoms with Crippen LogP contribution >= 0.6 is 0 Å². The number of hydrogen-bond donors (Lipinski definition) is 3. The minimum absolute atomic E-state index is 0.0313. The number of amides is 2. The average Bonchev–Trinajstić information content (AvgIpc) is 3.33. The molecule has 2 aliphatic heterocycles. The predicted molar refractivity (Wildman–Crippen MR) is 118 cm³/mol. The van der Waals surface area contributed by atoms with Crippen LogP contribution in [0.4, 0.5) is 0 Å². The van der Waals surface area contributed by atoms with E-state index in [1.165, 1.54) is 0 Å². The van der Waals surface area contributed by atoms with Gasteiger partial charge in [-0.05, 0) is 43.9 Å². The molecule has 1 aromatic carbocycles. The Morgan fingerprint density at radius 3 is 2.55 bits per heavy atom. The molecule has 1 saturated heterocycles. The Hall–Kier alpha value is -2.77. The van der Waals surface area contributed by atoms with Crippen molar-refractivity contribution in [2.24, 2.45) is 0 Å². The molecule has 0 bridgehead atoms. The number of unbranched alkanes of at least 4 members (excludes halogenated alkanes) is 3. The van der Waals surface area contributed by atoms with Crippen molar-refractivity contribution in [1.82, 2.24) is 15.5 Å². The van der Waals surface area contributed by atoms with Crippen LogP contribution in [0.3, 0.4) is 0 Å². The molecule has 0 atom stereocenters. The third-order valence-electron chi connectivity index (χ3n) is 5.93. The van der Waals surface area contributed by atoms with Gasteiger partial charge in [-0.3, -0.25) is 19.9 Å². The Kier molecular flexibility index (Phi) is 7.76. The van der Waals surface area contributed by atoms with E-state index >= 15 is 0 Å². The summed E-state index contributed by atoms with van der Waals surface area (Å²) in [5.41, 5.74) is -0.0852.